The molecule has 3 aromatic rings. The Morgan fingerprint density at radius 3 is 2.46 bits per heavy atom. The summed E-state index contributed by atoms with van der Waals surface area (Å²) in [6.45, 7) is 7.40. The first-order valence-electron chi connectivity index (χ1n) is 12.2. The van der Waals surface area contributed by atoms with Crippen LogP contribution in [-0.4, -0.2) is 18.3 Å². The lowest BCUT2D eigenvalue weighted by Crippen LogP contribution is -2.32. The van der Waals surface area contributed by atoms with E-state index < -0.39 is 6.09 Å². The summed E-state index contributed by atoms with van der Waals surface area (Å²) in [5.41, 5.74) is 3.33. The second-order valence-electron chi connectivity index (χ2n) is 8.92. The fourth-order valence-corrected chi connectivity index (χ4v) is 4.21. The Labute approximate surface area is 207 Å². The Morgan fingerprint density at radius 2 is 1.74 bits per heavy atom. The lowest BCUT2D eigenvalue weighted by Gasteiger charge is -2.32. The second kappa shape index (κ2) is 11.1. The van der Waals surface area contributed by atoms with E-state index in [4.69, 9.17) is 14.2 Å². The minimum absolute atomic E-state index is 0.180. The maximum atomic E-state index is 13.3. The molecule has 0 aromatic heterocycles. The molecule has 0 N–H and O–H groups in total. The molecule has 0 spiro atoms. The maximum absolute atomic E-state index is 13.3. The van der Waals surface area contributed by atoms with E-state index in [0.29, 0.717) is 13.2 Å². The SMILES string of the molecule is CCCC1(C)C=Cc2cc(N(Cc3ccccc3)C(=O)OCc3ccc(OCC)cc3)ccc2O1. The van der Waals surface area contributed by atoms with Crippen molar-refractivity contribution >= 4 is 17.9 Å². The summed E-state index contributed by atoms with van der Waals surface area (Å²) in [5.74, 6) is 1.63. The van der Waals surface area contributed by atoms with E-state index in [1.54, 1.807) is 4.90 Å². The lowest BCUT2D eigenvalue weighted by atomic mass is 9.95. The van der Waals surface area contributed by atoms with Crippen molar-refractivity contribution in [3.8, 4) is 11.5 Å². The molecule has 182 valence electrons. The number of anilines is 1. The molecule has 4 rings (SSSR count). The van der Waals surface area contributed by atoms with Crippen molar-refractivity contribution in [2.75, 3.05) is 11.5 Å². The summed E-state index contributed by atoms with van der Waals surface area (Å²) in [4.78, 5) is 14.9. The normalized spacial score (nSPS) is 16.2. The highest BCUT2D eigenvalue weighted by Gasteiger charge is 2.27. The molecule has 0 aliphatic carbocycles. The van der Waals surface area contributed by atoms with Gasteiger partial charge in [-0.1, -0.05) is 61.9 Å². The van der Waals surface area contributed by atoms with E-state index in [-0.39, 0.29) is 12.2 Å². The number of benzene rings is 3. The Bertz CT molecular complexity index is 1160. The van der Waals surface area contributed by atoms with Gasteiger partial charge in [-0.3, -0.25) is 4.90 Å². The van der Waals surface area contributed by atoms with E-state index in [2.05, 4.69) is 26.0 Å². The number of hydrogen-bond donors (Lipinski definition) is 0. The lowest BCUT2D eigenvalue weighted by molar-refractivity contribution is 0.126. The Kier molecular flexibility index (Phi) is 7.76. The summed E-state index contributed by atoms with van der Waals surface area (Å²) in [7, 11) is 0. The molecule has 1 aliphatic heterocycles. The number of fused-ring (bicyclic) bond motifs is 1. The van der Waals surface area contributed by atoms with Gasteiger partial charge in [0.25, 0.3) is 0 Å². The highest BCUT2D eigenvalue weighted by atomic mass is 16.6. The number of nitrogens with zero attached hydrogens (tertiary/aromatic N) is 1. The maximum Gasteiger partial charge on any atom is 0.414 e. The van der Waals surface area contributed by atoms with E-state index >= 15 is 0 Å². The molecule has 0 radical (unpaired) electrons. The third-order valence-corrected chi connectivity index (χ3v) is 6.01. The first-order chi connectivity index (χ1) is 17.0. The van der Waals surface area contributed by atoms with Crippen molar-refractivity contribution in [3.63, 3.8) is 0 Å². The van der Waals surface area contributed by atoms with Crippen LogP contribution >= 0.6 is 0 Å². The van der Waals surface area contributed by atoms with Crippen LogP contribution in [0.3, 0.4) is 0 Å². The van der Waals surface area contributed by atoms with Gasteiger partial charge in [-0.05, 0) is 67.8 Å². The third kappa shape index (κ3) is 6.24. The molecule has 0 fully saturated rings. The minimum Gasteiger partial charge on any atom is -0.494 e. The Morgan fingerprint density at radius 1 is 0.971 bits per heavy atom. The summed E-state index contributed by atoms with van der Waals surface area (Å²) >= 11 is 0. The van der Waals surface area contributed by atoms with Crippen molar-refractivity contribution in [3.05, 3.63) is 95.6 Å². The molecule has 0 saturated heterocycles. The largest absolute Gasteiger partial charge is 0.494 e. The van der Waals surface area contributed by atoms with Gasteiger partial charge in [-0.25, -0.2) is 4.79 Å². The van der Waals surface area contributed by atoms with Gasteiger partial charge in [0.1, 0.15) is 23.7 Å². The van der Waals surface area contributed by atoms with Gasteiger partial charge < -0.3 is 14.2 Å². The topological polar surface area (TPSA) is 48.0 Å². The smallest absolute Gasteiger partial charge is 0.414 e. The van der Waals surface area contributed by atoms with Crippen molar-refractivity contribution in [1.82, 2.24) is 0 Å². The van der Waals surface area contributed by atoms with Gasteiger partial charge in [0, 0.05) is 11.3 Å². The van der Waals surface area contributed by atoms with Crippen molar-refractivity contribution < 1.29 is 19.0 Å². The van der Waals surface area contributed by atoms with Gasteiger partial charge in [0.15, 0.2) is 0 Å². The first-order valence-corrected chi connectivity index (χ1v) is 12.2. The van der Waals surface area contributed by atoms with E-state index in [1.807, 2.05) is 79.7 Å². The van der Waals surface area contributed by atoms with Crippen molar-refractivity contribution in [2.24, 2.45) is 0 Å². The number of rotatable bonds is 9. The van der Waals surface area contributed by atoms with E-state index in [0.717, 1.165) is 46.7 Å². The molecule has 5 heteroatoms. The van der Waals surface area contributed by atoms with E-state index in [9.17, 15) is 4.79 Å². The zero-order valence-corrected chi connectivity index (χ0v) is 20.7. The molecular formula is C30H33NO4. The number of hydrogen-bond acceptors (Lipinski definition) is 4. The van der Waals surface area contributed by atoms with Crippen LogP contribution in [0.25, 0.3) is 6.08 Å². The standard InChI is InChI=1S/C30H33NO4/c1-4-18-30(3)19-17-25-20-26(13-16-28(25)35-30)31(21-23-9-7-6-8-10-23)29(32)34-22-24-11-14-27(15-12-24)33-5-2/h6-17,19-20H,4-5,18,21-22H2,1-3H3. The molecular weight excluding hydrogens is 438 g/mol. The van der Waals surface area contributed by atoms with Crippen LogP contribution in [0.4, 0.5) is 10.5 Å². The number of carbonyl (C=O) groups is 1. The highest BCUT2D eigenvalue weighted by Crippen LogP contribution is 2.36. The summed E-state index contributed by atoms with van der Waals surface area (Å²) < 4.78 is 17.5. The van der Waals surface area contributed by atoms with Crippen LogP contribution in [0, 0.1) is 0 Å². The first kappa shape index (κ1) is 24.4. The molecule has 5 nitrogen and oxygen atoms in total. The fourth-order valence-electron chi connectivity index (χ4n) is 4.21. The predicted octanol–water partition coefficient (Wildman–Crippen LogP) is 7.39. The molecule has 1 unspecified atom stereocenters. The summed E-state index contributed by atoms with van der Waals surface area (Å²) in [5, 5.41) is 0. The summed E-state index contributed by atoms with van der Waals surface area (Å²) in [6.07, 6.45) is 5.78. The molecule has 1 aliphatic rings. The van der Waals surface area contributed by atoms with Crippen molar-refractivity contribution in [1.29, 1.82) is 0 Å². The molecule has 3 aromatic carbocycles. The van der Waals surface area contributed by atoms with Crippen LogP contribution in [-0.2, 0) is 17.9 Å². The highest BCUT2D eigenvalue weighted by molar-refractivity contribution is 5.88. The quantitative estimate of drug-likeness (QED) is 0.326. The van der Waals surface area contributed by atoms with Crippen LogP contribution in [0.5, 0.6) is 11.5 Å². The van der Waals surface area contributed by atoms with Gasteiger partial charge in [-0.15, -0.1) is 0 Å². The van der Waals surface area contributed by atoms with Crippen LogP contribution < -0.4 is 14.4 Å². The second-order valence-corrected chi connectivity index (χ2v) is 8.92. The van der Waals surface area contributed by atoms with E-state index in [1.165, 1.54) is 0 Å². The molecule has 1 atom stereocenters. The van der Waals surface area contributed by atoms with Crippen molar-refractivity contribution in [2.45, 2.75) is 52.4 Å². The molecule has 1 amide bonds. The minimum atomic E-state index is -0.404. The third-order valence-electron chi connectivity index (χ3n) is 6.01. The van der Waals surface area contributed by atoms with Gasteiger partial charge >= 0.3 is 6.09 Å². The molecule has 1 heterocycles. The van der Waals surface area contributed by atoms with Gasteiger partial charge in [0.2, 0.25) is 0 Å². The van der Waals surface area contributed by atoms with Gasteiger partial charge in [-0.2, -0.15) is 0 Å². The number of amides is 1. The number of ether oxygens (including phenoxy) is 3. The molecule has 0 saturated carbocycles. The number of carbonyl (C=O) groups excluding carboxylic acids is 1. The zero-order valence-electron chi connectivity index (χ0n) is 20.7. The fraction of sp³-hybridized carbons (Fsp3) is 0.300. The average molecular weight is 472 g/mol. The average Bonchev–Trinajstić information content (AvgIpc) is 2.87. The Hall–Kier alpha value is -3.73. The monoisotopic (exact) mass is 471 g/mol. The van der Waals surface area contributed by atoms with Gasteiger partial charge in [0.05, 0.1) is 13.2 Å². The van der Waals surface area contributed by atoms with Crippen LogP contribution in [0.2, 0.25) is 0 Å². The van der Waals surface area contributed by atoms with Crippen LogP contribution in [0.15, 0.2) is 78.9 Å². The summed E-state index contributed by atoms with van der Waals surface area (Å²) in [6, 6.07) is 23.4. The van der Waals surface area contributed by atoms with Crippen LogP contribution in [0.1, 0.15) is 50.3 Å². The molecule has 0 bridgehead atoms. The zero-order chi connectivity index (χ0) is 24.7. The molecule has 35 heavy (non-hydrogen) atoms. The Balaban J connectivity index is 1.54. The predicted molar refractivity (Wildman–Crippen MR) is 140 cm³/mol.